The molecule has 134 valence electrons. The topological polar surface area (TPSA) is 67.9 Å². The van der Waals surface area contributed by atoms with Gasteiger partial charge in [-0.3, -0.25) is 14.0 Å². The number of carbonyl (C=O) groups excluding carboxylic acids is 1. The lowest BCUT2D eigenvalue weighted by Crippen LogP contribution is -3.08. The maximum Gasteiger partial charge on any atom is 0.279 e. The van der Waals surface area contributed by atoms with Crippen molar-refractivity contribution in [3.05, 3.63) is 75.8 Å². The molecule has 0 saturated carbocycles. The zero-order valence-corrected chi connectivity index (χ0v) is 15.2. The van der Waals surface area contributed by atoms with Crippen LogP contribution in [-0.2, 0) is 11.3 Å². The first kappa shape index (κ1) is 17.8. The summed E-state index contributed by atoms with van der Waals surface area (Å²) in [4.78, 5) is 29.9. The van der Waals surface area contributed by atoms with Gasteiger partial charge in [-0.1, -0.05) is 23.8 Å². The number of aryl methyl sites for hydroxylation is 2. The van der Waals surface area contributed by atoms with Crippen LogP contribution >= 0.6 is 0 Å². The third kappa shape index (κ3) is 4.34. The highest BCUT2D eigenvalue weighted by Crippen LogP contribution is 2.07. The number of amides is 1. The minimum absolute atomic E-state index is 0.0699. The van der Waals surface area contributed by atoms with E-state index >= 15 is 0 Å². The summed E-state index contributed by atoms with van der Waals surface area (Å²) < 4.78 is 1.54. The molecule has 1 atom stereocenters. The van der Waals surface area contributed by atoms with E-state index in [0.29, 0.717) is 24.4 Å². The van der Waals surface area contributed by atoms with Crippen LogP contribution in [0.1, 0.15) is 16.8 Å². The summed E-state index contributed by atoms with van der Waals surface area (Å²) in [6.45, 7) is 4.73. The number of quaternary nitrogens is 1. The highest BCUT2D eigenvalue weighted by atomic mass is 16.2. The highest BCUT2D eigenvalue weighted by molar-refractivity contribution is 5.91. The molecule has 2 aromatic heterocycles. The monoisotopic (exact) mass is 351 g/mol. The van der Waals surface area contributed by atoms with Crippen molar-refractivity contribution in [2.75, 3.05) is 18.9 Å². The summed E-state index contributed by atoms with van der Waals surface area (Å²) in [5.41, 5.74) is 4.13. The number of fused-ring (bicyclic) bond motifs is 1. The van der Waals surface area contributed by atoms with E-state index in [1.165, 1.54) is 10.5 Å². The molecular formula is C20H23N4O2+. The lowest BCUT2D eigenvalue weighted by atomic mass is 10.2. The van der Waals surface area contributed by atoms with Gasteiger partial charge in [-0.15, -0.1) is 0 Å². The Morgan fingerprint density at radius 2 is 1.81 bits per heavy atom. The number of nitrogens with one attached hydrogen (secondary N) is 2. The Hall–Kier alpha value is -2.99. The van der Waals surface area contributed by atoms with Gasteiger partial charge in [-0.2, -0.15) is 0 Å². The Balaban J connectivity index is 1.65. The van der Waals surface area contributed by atoms with Crippen LogP contribution in [0.2, 0.25) is 0 Å². The molecule has 6 nitrogen and oxygen atoms in total. The molecule has 2 heterocycles. The highest BCUT2D eigenvalue weighted by Gasteiger charge is 2.13. The fourth-order valence-electron chi connectivity index (χ4n) is 2.84. The Kier molecular flexibility index (Phi) is 5.14. The Morgan fingerprint density at radius 3 is 2.54 bits per heavy atom. The second-order valence-corrected chi connectivity index (χ2v) is 6.75. The molecule has 0 radical (unpaired) electrons. The van der Waals surface area contributed by atoms with E-state index in [1.54, 1.807) is 6.20 Å². The van der Waals surface area contributed by atoms with Crippen molar-refractivity contribution in [2.45, 2.75) is 20.4 Å². The number of hydrogen-bond acceptors (Lipinski definition) is 3. The van der Waals surface area contributed by atoms with E-state index in [9.17, 15) is 9.59 Å². The van der Waals surface area contributed by atoms with E-state index in [2.05, 4.69) is 10.3 Å². The molecule has 6 heteroatoms. The Morgan fingerprint density at radius 1 is 1.12 bits per heavy atom. The maximum absolute atomic E-state index is 12.3. The number of nitrogens with zero attached hydrogens (tertiary/aromatic N) is 2. The number of pyridine rings is 1. The van der Waals surface area contributed by atoms with E-state index in [1.807, 2.05) is 57.3 Å². The molecule has 1 unspecified atom stereocenters. The molecule has 0 aliphatic rings. The molecule has 3 aromatic rings. The van der Waals surface area contributed by atoms with Crippen LogP contribution in [0.25, 0.3) is 5.65 Å². The molecule has 0 spiro atoms. The maximum atomic E-state index is 12.3. The molecular weight excluding hydrogens is 328 g/mol. The lowest BCUT2D eigenvalue weighted by Gasteiger charge is -2.14. The average Bonchev–Trinajstić information content (AvgIpc) is 2.57. The van der Waals surface area contributed by atoms with Gasteiger partial charge in [0.1, 0.15) is 17.9 Å². The van der Waals surface area contributed by atoms with Crippen LogP contribution in [0.5, 0.6) is 0 Å². The number of aromatic nitrogens is 2. The van der Waals surface area contributed by atoms with Crippen molar-refractivity contribution in [2.24, 2.45) is 0 Å². The number of rotatable bonds is 5. The minimum atomic E-state index is -0.106. The normalized spacial score (nSPS) is 12.1. The molecule has 1 aromatic carbocycles. The van der Waals surface area contributed by atoms with Gasteiger partial charge in [-0.25, -0.2) is 4.98 Å². The average molecular weight is 351 g/mol. The van der Waals surface area contributed by atoms with Gasteiger partial charge in [0.25, 0.3) is 11.5 Å². The van der Waals surface area contributed by atoms with Crippen molar-refractivity contribution in [3.63, 3.8) is 0 Å². The summed E-state index contributed by atoms with van der Waals surface area (Å²) in [5.74, 6) is -0.0699. The number of carbonyl (C=O) groups is 1. The van der Waals surface area contributed by atoms with Crippen LogP contribution in [0.3, 0.4) is 0 Å². The van der Waals surface area contributed by atoms with Gasteiger partial charge in [0.05, 0.1) is 7.05 Å². The van der Waals surface area contributed by atoms with Crippen LogP contribution in [0.4, 0.5) is 5.69 Å². The number of hydrogen-bond donors (Lipinski definition) is 2. The zero-order chi connectivity index (χ0) is 18.7. The van der Waals surface area contributed by atoms with Crippen molar-refractivity contribution in [1.29, 1.82) is 0 Å². The van der Waals surface area contributed by atoms with Gasteiger partial charge in [0.2, 0.25) is 0 Å². The second-order valence-electron chi connectivity index (χ2n) is 6.75. The summed E-state index contributed by atoms with van der Waals surface area (Å²) in [6.07, 6.45) is 1.78. The van der Waals surface area contributed by atoms with Gasteiger partial charge >= 0.3 is 0 Å². The third-order valence-electron chi connectivity index (χ3n) is 4.14. The third-order valence-corrected chi connectivity index (χ3v) is 4.14. The molecule has 1 amide bonds. The van der Waals surface area contributed by atoms with Crippen molar-refractivity contribution in [3.8, 4) is 0 Å². The van der Waals surface area contributed by atoms with E-state index < -0.39 is 0 Å². The van der Waals surface area contributed by atoms with E-state index in [4.69, 9.17) is 0 Å². The zero-order valence-electron chi connectivity index (χ0n) is 15.2. The summed E-state index contributed by atoms with van der Waals surface area (Å²) >= 11 is 0. The first-order valence-corrected chi connectivity index (χ1v) is 8.57. The largest absolute Gasteiger partial charge is 0.325 e. The smallest absolute Gasteiger partial charge is 0.279 e. The van der Waals surface area contributed by atoms with Crippen molar-refractivity contribution in [1.82, 2.24) is 9.38 Å². The van der Waals surface area contributed by atoms with Gasteiger partial charge in [0, 0.05) is 18.0 Å². The summed E-state index contributed by atoms with van der Waals surface area (Å²) in [5, 5.41) is 2.89. The second kappa shape index (κ2) is 7.49. The molecule has 0 fully saturated rings. The van der Waals surface area contributed by atoms with Crippen LogP contribution in [0.15, 0.2) is 53.5 Å². The molecule has 0 bridgehead atoms. The molecule has 2 N–H and O–H groups in total. The fraction of sp³-hybridized carbons (Fsp3) is 0.250. The quantitative estimate of drug-likeness (QED) is 0.720. The van der Waals surface area contributed by atoms with Crippen molar-refractivity contribution >= 4 is 17.2 Å². The number of anilines is 1. The standard InChI is InChI=1S/C20H22N4O2/c1-14-4-7-16(8-5-14)22-19(25)13-23(3)12-17-10-20(26)24-11-15(2)6-9-18(24)21-17/h4-11H,12-13H2,1-3H3,(H,22,25)/p+1. The molecule has 0 aliphatic carbocycles. The molecule has 26 heavy (non-hydrogen) atoms. The number of likely N-dealkylation sites (N-methyl/N-ethyl adjacent to an activating group) is 1. The number of benzene rings is 1. The van der Waals surface area contributed by atoms with Gasteiger partial charge in [0.15, 0.2) is 6.54 Å². The Bertz CT molecular complexity index is 993. The predicted molar refractivity (Wildman–Crippen MR) is 101 cm³/mol. The SMILES string of the molecule is Cc1ccc(NC(=O)C[NH+](C)Cc2cc(=O)n3cc(C)ccc3n2)cc1. The van der Waals surface area contributed by atoms with E-state index in [-0.39, 0.29) is 11.5 Å². The van der Waals surface area contributed by atoms with Crippen LogP contribution in [-0.4, -0.2) is 28.9 Å². The predicted octanol–water partition coefficient (Wildman–Crippen LogP) is 0.965. The fourth-order valence-corrected chi connectivity index (χ4v) is 2.84. The van der Waals surface area contributed by atoms with Gasteiger partial charge in [-0.05, 0) is 37.6 Å². The summed E-state index contributed by atoms with van der Waals surface area (Å²) in [6, 6.07) is 13.0. The molecule has 0 saturated heterocycles. The lowest BCUT2D eigenvalue weighted by molar-refractivity contribution is -0.885. The first-order chi connectivity index (χ1) is 12.4. The van der Waals surface area contributed by atoms with Crippen molar-refractivity contribution < 1.29 is 9.69 Å². The van der Waals surface area contributed by atoms with Crippen LogP contribution < -0.4 is 15.8 Å². The molecule has 0 aliphatic heterocycles. The van der Waals surface area contributed by atoms with E-state index in [0.717, 1.165) is 21.7 Å². The summed E-state index contributed by atoms with van der Waals surface area (Å²) in [7, 11) is 1.91. The van der Waals surface area contributed by atoms with Gasteiger partial charge < -0.3 is 10.2 Å². The Labute approximate surface area is 152 Å². The van der Waals surface area contributed by atoms with Crippen LogP contribution in [0, 0.1) is 13.8 Å². The molecule has 3 rings (SSSR count). The minimum Gasteiger partial charge on any atom is -0.325 e. The first-order valence-electron chi connectivity index (χ1n) is 8.57.